The smallest absolute Gasteiger partial charge is 0.136 e. The summed E-state index contributed by atoms with van der Waals surface area (Å²) in [4.78, 5) is 14.3. The molecule has 2 bridgehead atoms. The van der Waals surface area contributed by atoms with Crippen LogP contribution in [0.25, 0.3) is 0 Å². The second kappa shape index (κ2) is 6.15. The van der Waals surface area contributed by atoms with Gasteiger partial charge in [-0.15, -0.1) is 0 Å². The number of aliphatic hydroxyl groups is 1. The lowest BCUT2D eigenvalue weighted by molar-refractivity contribution is -0.124. The third kappa shape index (κ3) is 2.68. The van der Waals surface area contributed by atoms with Gasteiger partial charge in [0.25, 0.3) is 0 Å². The molecule has 0 amide bonds. The topological polar surface area (TPSA) is 40.5 Å². The number of ketones is 1. The fourth-order valence-electron chi connectivity index (χ4n) is 4.36. The van der Waals surface area contributed by atoms with Gasteiger partial charge in [-0.25, -0.2) is 0 Å². The Morgan fingerprint density at radius 2 is 1.33 bits per heavy atom. The van der Waals surface area contributed by atoms with Crippen molar-refractivity contribution in [2.45, 2.75) is 43.4 Å². The Hall–Kier alpha value is -1.97. The summed E-state index contributed by atoms with van der Waals surface area (Å²) < 4.78 is 0. The molecule has 2 aliphatic rings. The Kier molecular flexibility index (Phi) is 3.99. The van der Waals surface area contributed by atoms with Crippen LogP contribution in [0.2, 0.25) is 0 Å². The van der Waals surface area contributed by atoms with Crippen molar-refractivity contribution in [3.63, 3.8) is 0 Å². The minimum Gasteiger partial charge on any atom is -0.379 e. The highest BCUT2D eigenvalue weighted by molar-refractivity contribution is 5.81. The molecule has 2 aliphatic heterocycles. The summed E-state index contributed by atoms with van der Waals surface area (Å²) in [5.41, 5.74) is 0.768. The lowest BCUT2D eigenvalue weighted by atomic mass is 9.84. The SMILES string of the molecule is O=C1CC2CCC(C1)N2CC(O)(c1ccccc1)c1ccccc1. The van der Waals surface area contributed by atoms with E-state index in [2.05, 4.69) is 4.90 Å². The monoisotopic (exact) mass is 321 g/mol. The van der Waals surface area contributed by atoms with E-state index in [0.717, 1.165) is 24.0 Å². The molecule has 0 aliphatic carbocycles. The van der Waals surface area contributed by atoms with E-state index < -0.39 is 5.60 Å². The van der Waals surface area contributed by atoms with Crippen LogP contribution in [0.4, 0.5) is 0 Å². The second-order valence-electron chi connectivity index (χ2n) is 7.10. The number of hydrogen-bond acceptors (Lipinski definition) is 3. The van der Waals surface area contributed by atoms with E-state index in [-0.39, 0.29) is 12.1 Å². The molecular weight excluding hydrogens is 298 g/mol. The first-order valence-electron chi connectivity index (χ1n) is 8.78. The van der Waals surface area contributed by atoms with Crippen molar-refractivity contribution in [3.8, 4) is 0 Å². The zero-order valence-electron chi connectivity index (χ0n) is 13.8. The number of Topliss-reactive ketones (excluding diaryl/α,β-unsaturated/α-hetero) is 1. The van der Waals surface area contributed by atoms with Gasteiger partial charge in [-0.2, -0.15) is 0 Å². The highest BCUT2D eigenvalue weighted by Gasteiger charge is 2.44. The van der Waals surface area contributed by atoms with Crippen LogP contribution in [-0.4, -0.2) is 34.4 Å². The van der Waals surface area contributed by atoms with Crippen molar-refractivity contribution < 1.29 is 9.90 Å². The molecule has 124 valence electrons. The zero-order chi connectivity index (χ0) is 16.6. The molecule has 4 rings (SSSR count). The van der Waals surface area contributed by atoms with Crippen molar-refractivity contribution >= 4 is 5.78 Å². The van der Waals surface area contributed by atoms with Gasteiger partial charge in [-0.3, -0.25) is 9.69 Å². The average Bonchev–Trinajstić information content (AvgIpc) is 2.86. The second-order valence-corrected chi connectivity index (χ2v) is 7.10. The number of fused-ring (bicyclic) bond motifs is 2. The van der Waals surface area contributed by atoms with Gasteiger partial charge in [0.1, 0.15) is 11.4 Å². The maximum Gasteiger partial charge on any atom is 0.136 e. The quantitative estimate of drug-likeness (QED) is 0.940. The summed E-state index contributed by atoms with van der Waals surface area (Å²) in [6.07, 6.45) is 3.40. The summed E-state index contributed by atoms with van der Waals surface area (Å²) in [7, 11) is 0. The fourth-order valence-corrected chi connectivity index (χ4v) is 4.36. The van der Waals surface area contributed by atoms with E-state index in [1.54, 1.807) is 0 Å². The molecule has 1 N–H and O–H groups in total. The van der Waals surface area contributed by atoms with Crippen molar-refractivity contribution in [2.75, 3.05) is 6.54 Å². The molecular formula is C21H23NO2. The maximum absolute atomic E-state index is 11.9. The minimum absolute atomic E-state index is 0.287. The third-order valence-electron chi connectivity index (χ3n) is 5.61. The van der Waals surface area contributed by atoms with Gasteiger partial charge in [-0.05, 0) is 24.0 Å². The van der Waals surface area contributed by atoms with E-state index >= 15 is 0 Å². The standard InChI is InChI=1S/C21H23NO2/c23-20-13-18-11-12-19(14-20)22(18)15-21(24,16-7-3-1-4-8-16)17-9-5-2-6-10-17/h1-10,18-19,24H,11-15H2. The highest BCUT2D eigenvalue weighted by atomic mass is 16.3. The van der Waals surface area contributed by atoms with Gasteiger partial charge in [0.15, 0.2) is 0 Å². The van der Waals surface area contributed by atoms with E-state index in [0.29, 0.717) is 25.2 Å². The van der Waals surface area contributed by atoms with Gasteiger partial charge in [0.2, 0.25) is 0 Å². The highest BCUT2D eigenvalue weighted by Crippen LogP contribution is 2.39. The lowest BCUT2D eigenvalue weighted by Gasteiger charge is -2.40. The first kappa shape index (κ1) is 15.6. The molecule has 0 spiro atoms. The molecule has 2 saturated heterocycles. The number of nitrogens with zero attached hydrogens (tertiary/aromatic N) is 1. The molecule has 0 aromatic heterocycles. The van der Waals surface area contributed by atoms with E-state index in [9.17, 15) is 9.90 Å². The largest absolute Gasteiger partial charge is 0.379 e. The van der Waals surface area contributed by atoms with E-state index in [1.165, 1.54) is 0 Å². The van der Waals surface area contributed by atoms with Crippen molar-refractivity contribution in [2.24, 2.45) is 0 Å². The molecule has 2 fully saturated rings. The number of piperidine rings is 1. The third-order valence-corrected chi connectivity index (χ3v) is 5.61. The lowest BCUT2D eigenvalue weighted by Crippen LogP contribution is -2.50. The molecule has 0 saturated carbocycles. The molecule has 2 heterocycles. The number of hydrogen-bond donors (Lipinski definition) is 1. The Bertz CT molecular complexity index is 658. The molecule has 2 unspecified atom stereocenters. The van der Waals surface area contributed by atoms with E-state index in [1.807, 2.05) is 60.7 Å². The minimum atomic E-state index is -1.05. The zero-order valence-corrected chi connectivity index (χ0v) is 13.8. The normalized spacial score (nSPS) is 24.3. The predicted molar refractivity (Wildman–Crippen MR) is 93.6 cm³/mol. The average molecular weight is 321 g/mol. The molecule has 2 aromatic carbocycles. The number of carbonyl (C=O) groups excluding carboxylic acids is 1. The van der Waals surface area contributed by atoms with E-state index in [4.69, 9.17) is 0 Å². The number of carbonyl (C=O) groups is 1. The Morgan fingerprint density at radius 1 is 0.875 bits per heavy atom. The summed E-state index contributed by atoms with van der Waals surface area (Å²) in [5, 5.41) is 11.7. The van der Waals surface area contributed by atoms with Gasteiger partial charge >= 0.3 is 0 Å². The van der Waals surface area contributed by atoms with Crippen LogP contribution < -0.4 is 0 Å². The van der Waals surface area contributed by atoms with Crippen LogP contribution in [0.3, 0.4) is 0 Å². The molecule has 2 atom stereocenters. The van der Waals surface area contributed by atoms with Crippen LogP contribution in [0.1, 0.15) is 36.8 Å². The van der Waals surface area contributed by atoms with Crippen molar-refractivity contribution in [1.29, 1.82) is 0 Å². The van der Waals surface area contributed by atoms with Crippen LogP contribution in [0.15, 0.2) is 60.7 Å². The summed E-state index contributed by atoms with van der Waals surface area (Å²) in [5.74, 6) is 0.377. The Balaban J connectivity index is 1.71. The summed E-state index contributed by atoms with van der Waals surface area (Å²) in [6, 6.07) is 20.4. The van der Waals surface area contributed by atoms with Gasteiger partial charge in [0.05, 0.1) is 0 Å². The first-order valence-corrected chi connectivity index (χ1v) is 8.78. The van der Waals surface area contributed by atoms with Gasteiger partial charge in [-0.1, -0.05) is 60.7 Å². The summed E-state index contributed by atoms with van der Waals surface area (Å²) >= 11 is 0. The van der Waals surface area contributed by atoms with Gasteiger partial charge in [0, 0.05) is 31.5 Å². The Morgan fingerprint density at radius 3 is 1.79 bits per heavy atom. The van der Waals surface area contributed by atoms with Crippen molar-refractivity contribution in [3.05, 3.63) is 71.8 Å². The van der Waals surface area contributed by atoms with Crippen LogP contribution >= 0.6 is 0 Å². The van der Waals surface area contributed by atoms with Crippen LogP contribution in [0, 0.1) is 0 Å². The molecule has 3 nitrogen and oxygen atoms in total. The molecule has 3 heteroatoms. The predicted octanol–water partition coefficient (Wildman–Crippen LogP) is 3.12. The Labute approximate surface area is 142 Å². The van der Waals surface area contributed by atoms with Crippen molar-refractivity contribution in [1.82, 2.24) is 4.90 Å². The molecule has 0 radical (unpaired) electrons. The number of benzene rings is 2. The van der Waals surface area contributed by atoms with Gasteiger partial charge < -0.3 is 5.11 Å². The van der Waals surface area contributed by atoms with Crippen LogP contribution in [0.5, 0.6) is 0 Å². The summed E-state index contributed by atoms with van der Waals surface area (Å²) in [6.45, 7) is 0.545. The fraction of sp³-hybridized carbons (Fsp3) is 0.381. The first-order chi connectivity index (χ1) is 11.7. The number of rotatable bonds is 4. The molecule has 24 heavy (non-hydrogen) atoms. The maximum atomic E-state index is 11.9. The molecule has 2 aromatic rings. The van der Waals surface area contributed by atoms with Crippen LogP contribution in [-0.2, 0) is 10.4 Å².